The Kier molecular flexibility index (Phi) is 6.46. The first-order chi connectivity index (χ1) is 12.6. The maximum absolute atomic E-state index is 12.0. The number of carbonyl (C=O) groups is 1. The fourth-order valence-electron chi connectivity index (χ4n) is 2.32. The molecule has 5 nitrogen and oxygen atoms in total. The second-order valence-corrected chi connectivity index (χ2v) is 7.62. The molecule has 0 aliphatic heterocycles. The van der Waals surface area contributed by atoms with Crippen molar-refractivity contribution in [1.29, 1.82) is 0 Å². The van der Waals surface area contributed by atoms with Gasteiger partial charge in [0.15, 0.2) is 0 Å². The summed E-state index contributed by atoms with van der Waals surface area (Å²) in [5.74, 6) is 2.04. The van der Waals surface area contributed by atoms with Crippen LogP contribution in [-0.2, 0) is 17.1 Å². The Labute approximate surface area is 164 Å². The topological polar surface area (TPSA) is 68.0 Å². The summed E-state index contributed by atoms with van der Waals surface area (Å²) in [6.45, 7) is 2.30. The van der Waals surface area contributed by atoms with E-state index in [-0.39, 0.29) is 12.5 Å². The van der Waals surface area contributed by atoms with Gasteiger partial charge in [0, 0.05) is 15.8 Å². The van der Waals surface area contributed by atoms with Gasteiger partial charge in [-0.15, -0.1) is 11.8 Å². The van der Waals surface area contributed by atoms with E-state index in [1.54, 1.807) is 11.8 Å². The zero-order valence-corrected chi connectivity index (χ0v) is 16.6. The highest BCUT2D eigenvalue weighted by molar-refractivity contribution is 9.10. The number of rotatable bonds is 7. The van der Waals surface area contributed by atoms with Gasteiger partial charge < -0.3 is 9.84 Å². The molecule has 0 saturated heterocycles. The summed E-state index contributed by atoms with van der Waals surface area (Å²) in [6.07, 6.45) is 0. The van der Waals surface area contributed by atoms with Crippen molar-refractivity contribution in [2.24, 2.45) is 0 Å². The maximum atomic E-state index is 12.0. The van der Waals surface area contributed by atoms with Crippen molar-refractivity contribution in [2.45, 2.75) is 19.2 Å². The van der Waals surface area contributed by atoms with Crippen molar-refractivity contribution in [2.75, 3.05) is 5.75 Å². The standard InChI is InChI=1S/C19H18BrN3O2S/c1-13-5-2-3-6-15(13)11-26-12-17(24)21-10-18-22-19(23-25-18)14-7-4-8-16(20)9-14/h2-9H,10-12H2,1H3,(H,21,24). The van der Waals surface area contributed by atoms with E-state index in [1.165, 1.54) is 11.1 Å². The van der Waals surface area contributed by atoms with Gasteiger partial charge in [-0.2, -0.15) is 4.98 Å². The number of thioether (sulfide) groups is 1. The number of aryl methyl sites for hydroxylation is 1. The molecular formula is C19H18BrN3O2S. The second kappa shape index (κ2) is 9.00. The number of nitrogens with zero attached hydrogens (tertiary/aromatic N) is 2. The van der Waals surface area contributed by atoms with E-state index in [0.29, 0.717) is 17.5 Å². The fraction of sp³-hybridized carbons (Fsp3) is 0.211. The lowest BCUT2D eigenvalue weighted by Gasteiger charge is -2.05. The number of hydrogen-bond donors (Lipinski definition) is 1. The number of amides is 1. The molecule has 1 heterocycles. The van der Waals surface area contributed by atoms with Gasteiger partial charge in [0.25, 0.3) is 0 Å². The van der Waals surface area contributed by atoms with Crippen LogP contribution in [0, 0.1) is 6.92 Å². The third-order valence-electron chi connectivity index (χ3n) is 3.74. The number of aromatic nitrogens is 2. The molecule has 134 valence electrons. The van der Waals surface area contributed by atoms with E-state index in [9.17, 15) is 4.79 Å². The first-order valence-corrected chi connectivity index (χ1v) is 10.0. The van der Waals surface area contributed by atoms with Crippen LogP contribution in [0.1, 0.15) is 17.0 Å². The van der Waals surface area contributed by atoms with Gasteiger partial charge in [0.05, 0.1) is 12.3 Å². The monoisotopic (exact) mass is 431 g/mol. The minimum absolute atomic E-state index is 0.0502. The fourth-order valence-corrected chi connectivity index (χ4v) is 3.66. The second-order valence-electron chi connectivity index (χ2n) is 5.72. The van der Waals surface area contributed by atoms with Crippen LogP contribution in [0.15, 0.2) is 57.5 Å². The zero-order valence-electron chi connectivity index (χ0n) is 14.2. The minimum atomic E-state index is -0.0502. The molecule has 26 heavy (non-hydrogen) atoms. The maximum Gasteiger partial charge on any atom is 0.246 e. The van der Waals surface area contributed by atoms with Gasteiger partial charge in [-0.25, -0.2) is 0 Å². The van der Waals surface area contributed by atoms with Crippen LogP contribution in [0.3, 0.4) is 0 Å². The molecular weight excluding hydrogens is 414 g/mol. The molecule has 0 aliphatic carbocycles. The van der Waals surface area contributed by atoms with Gasteiger partial charge in [-0.3, -0.25) is 4.79 Å². The predicted molar refractivity (Wildman–Crippen MR) is 107 cm³/mol. The number of nitrogens with one attached hydrogen (secondary N) is 1. The molecule has 0 atom stereocenters. The lowest BCUT2D eigenvalue weighted by molar-refractivity contribution is -0.118. The summed E-state index contributed by atoms with van der Waals surface area (Å²) in [5.41, 5.74) is 3.35. The van der Waals surface area contributed by atoms with Crippen molar-refractivity contribution >= 4 is 33.6 Å². The molecule has 0 fully saturated rings. The smallest absolute Gasteiger partial charge is 0.246 e. The molecule has 3 aromatic rings. The molecule has 2 aromatic carbocycles. The van der Waals surface area contributed by atoms with Crippen molar-refractivity contribution in [3.8, 4) is 11.4 Å². The number of carbonyl (C=O) groups excluding carboxylic acids is 1. The van der Waals surface area contributed by atoms with E-state index >= 15 is 0 Å². The molecule has 0 saturated carbocycles. The number of benzene rings is 2. The molecule has 0 spiro atoms. The molecule has 3 rings (SSSR count). The van der Waals surface area contributed by atoms with Gasteiger partial charge in [0.1, 0.15) is 0 Å². The molecule has 1 aromatic heterocycles. The van der Waals surface area contributed by atoms with Crippen LogP contribution in [0.2, 0.25) is 0 Å². The van der Waals surface area contributed by atoms with Crippen LogP contribution in [0.25, 0.3) is 11.4 Å². The Hall–Kier alpha value is -2.12. The number of hydrogen-bond acceptors (Lipinski definition) is 5. The molecule has 7 heteroatoms. The third kappa shape index (κ3) is 5.19. The summed E-state index contributed by atoms with van der Waals surface area (Å²) in [5, 5.41) is 6.76. The quantitative estimate of drug-likeness (QED) is 0.601. The zero-order chi connectivity index (χ0) is 18.4. The number of halogens is 1. The lowest BCUT2D eigenvalue weighted by Crippen LogP contribution is -2.24. The van der Waals surface area contributed by atoms with E-state index in [2.05, 4.69) is 50.4 Å². The minimum Gasteiger partial charge on any atom is -0.346 e. The molecule has 0 aliphatic rings. The van der Waals surface area contributed by atoms with Gasteiger partial charge in [-0.05, 0) is 30.2 Å². The highest BCUT2D eigenvalue weighted by atomic mass is 79.9. The highest BCUT2D eigenvalue weighted by Gasteiger charge is 2.10. The van der Waals surface area contributed by atoms with Crippen LogP contribution in [0.4, 0.5) is 0 Å². The summed E-state index contributed by atoms with van der Waals surface area (Å²) in [6, 6.07) is 15.8. The largest absolute Gasteiger partial charge is 0.346 e. The summed E-state index contributed by atoms with van der Waals surface area (Å²) in [4.78, 5) is 16.3. The van der Waals surface area contributed by atoms with Gasteiger partial charge >= 0.3 is 0 Å². The highest BCUT2D eigenvalue weighted by Crippen LogP contribution is 2.20. The average Bonchev–Trinajstić information content (AvgIpc) is 3.11. The van der Waals surface area contributed by atoms with E-state index in [4.69, 9.17) is 4.52 Å². The SMILES string of the molecule is Cc1ccccc1CSCC(=O)NCc1nc(-c2cccc(Br)c2)no1. The normalized spacial score (nSPS) is 10.7. The van der Waals surface area contributed by atoms with Crippen LogP contribution >= 0.6 is 27.7 Å². The molecule has 0 unspecified atom stereocenters. The Morgan fingerprint density at radius 2 is 2.08 bits per heavy atom. The van der Waals surface area contributed by atoms with Crippen molar-refractivity contribution in [1.82, 2.24) is 15.5 Å². The molecule has 0 radical (unpaired) electrons. The van der Waals surface area contributed by atoms with Crippen LogP contribution in [0.5, 0.6) is 0 Å². The molecule has 1 amide bonds. The predicted octanol–water partition coefficient (Wildman–Crippen LogP) is 4.36. The molecule has 0 bridgehead atoms. The summed E-state index contributed by atoms with van der Waals surface area (Å²) in [7, 11) is 0. The van der Waals surface area contributed by atoms with E-state index in [1.807, 2.05) is 36.4 Å². The first-order valence-electron chi connectivity index (χ1n) is 8.09. The summed E-state index contributed by atoms with van der Waals surface area (Å²) < 4.78 is 6.15. The Morgan fingerprint density at radius 1 is 1.23 bits per heavy atom. The van der Waals surface area contributed by atoms with Gasteiger partial charge in [-0.1, -0.05) is 57.5 Å². The third-order valence-corrected chi connectivity index (χ3v) is 5.21. The van der Waals surface area contributed by atoms with Crippen molar-refractivity contribution < 1.29 is 9.32 Å². The molecule has 1 N–H and O–H groups in total. The first kappa shape index (κ1) is 18.7. The van der Waals surface area contributed by atoms with E-state index in [0.717, 1.165) is 15.8 Å². The summed E-state index contributed by atoms with van der Waals surface area (Å²) >= 11 is 5.00. The van der Waals surface area contributed by atoms with E-state index < -0.39 is 0 Å². The lowest BCUT2D eigenvalue weighted by atomic mass is 10.1. The van der Waals surface area contributed by atoms with Crippen molar-refractivity contribution in [3.63, 3.8) is 0 Å². The Bertz CT molecular complexity index is 898. The Morgan fingerprint density at radius 3 is 2.88 bits per heavy atom. The van der Waals surface area contributed by atoms with Crippen LogP contribution < -0.4 is 5.32 Å². The van der Waals surface area contributed by atoms with Gasteiger partial charge in [0.2, 0.25) is 17.6 Å². The van der Waals surface area contributed by atoms with Crippen LogP contribution in [-0.4, -0.2) is 21.8 Å². The van der Waals surface area contributed by atoms with Crippen molar-refractivity contribution in [3.05, 3.63) is 70.0 Å². The Balaban J connectivity index is 1.45. The average molecular weight is 432 g/mol.